The molecule has 0 saturated heterocycles. The SMILES string of the molecule is CC(=O)CCCCOC(=O)C(O)CC(=O)O. The number of carbonyl (C=O) groups is 3. The van der Waals surface area contributed by atoms with Crippen LogP contribution in [0.15, 0.2) is 0 Å². The summed E-state index contributed by atoms with van der Waals surface area (Å²) in [6.07, 6.45) is -0.727. The Kier molecular flexibility index (Phi) is 7.11. The number of ketones is 1. The maximum atomic E-state index is 11.0. The third-order valence-electron chi connectivity index (χ3n) is 1.81. The number of rotatable bonds is 8. The predicted octanol–water partition coefficient (Wildman–Crippen LogP) is 0.125. The molecule has 6 heteroatoms. The second-order valence-corrected chi connectivity index (χ2v) is 3.44. The van der Waals surface area contributed by atoms with Crippen molar-refractivity contribution >= 4 is 17.7 Å². The van der Waals surface area contributed by atoms with Gasteiger partial charge in [0.15, 0.2) is 6.10 Å². The fourth-order valence-electron chi connectivity index (χ4n) is 0.994. The van der Waals surface area contributed by atoms with Gasteiger partial charge in [-0.2, -0.15) is 0 Å². The van der Waals surface area contributed by atoms with E-state index in [0.29, 0.717) is 19.3 Å². The summed E-state index contributed by atoms with van der Waals surface area (Å²) in [5.41, 5.74) is 0. The molecule has 0 aromatic carbocycles. The van der Waals surface area contributed by atoms with Crippen molar-refractivity contribution in [1.82, 2.24) is 0 Å². The minimum atomic E-state index is -1.62. The summed E-state index contributed by atoms with van der Waals surface area (Å²) in [5, 5.41) is 17.3. The summed E-state index contributed by atoms with van der Waals surface area (Å²) in [6, 6.07) is 0. The van der Waals surface area contributed by atoms with Crippen LogP contribution in [-0.4, -0.2) is 40.6 Å². The fourth-order valence-corrected chi connectivity index (χ4v) is 0.994. The third kappa shape index (κ3) is 7.93. The highest BCUT2D eigenvalue weighted by Crippen LogP contribution is 2.00. The number of aliphatic carboxylic acids is 1. The first kappa shape index (κ1) is 14.6. The lowest BCUT2D eigenvalue weighted by atomic mass is 10.2. The summed E-state index contributed by atoms with van der Waals surface area (Å²) >= 11 is 0. The van der Waals surface area contributed by atoms with Gasteiger partial charge >= 0.3 is 11.9 Å². The maximum Gasteiger partial charge on any atom is 0.335 e. The van der Waals surface area contributed by atoms with Crippen molar-refractivity contribution in [3.63, 3.8) is 0 Å². The molecule has 2 N–H and O–H groups in total. The van der Waals surface area contributed by atoms with Crippen LogP contribution in [-0.2, 0) is 19.1 Å². The molecule has 1 atom stereocenters. The number of esters is 1. The Hall–Kier alpha value is -1.43. The molecule has 0 bridgehead atoms. The van der Waals surface area contributed by atoms with E-state index in [1.165, 1.54) is 6.92 Å². The van der Waals surface area contributed by atoms with Gasteiger partial charge in [0.05, 0.1) is 13.0 Å². The monoisotopic (exact) mass is 232 g/mol. The van der Waals surface area contributed by atoms with Crippen LogP contribution in [0.1, 0.15) is 32.6 Å². The van der Waals surface area contributed by atoms with Gasteiger partial charge in [-0.1, -0.05) is 0 Å². The average Bonchev–Trinajstić information content (AvgIpc) is 2.15. The largest absolute Gasteiger partial charge is 0.481 e. The number of aliphatic hydroxyl groups is 1. The van der Waals surface area contributed by atoms with Crippen molar-refractivity contribution < 1.29 is 29.3 Å². The number of hydrogen-bond acceptors (Lipinski definition) is 5. The number of unbranched alkanes of at least 4 members (excludes halogenated alkanes) is 1. The molecule has 0 aliphatic rings. The van der Waals surface area contributed by atoms with Gasteiger partial charge in [-0.25, -0.2) is 4.79 Å². The Bertz CT molecular complexity index is 260. The van der Waals surface area contributed by atoms with E-state index in [0.717, 1.165) is 0 Å². The van der Waals surface area contributed by atoms with E-state index in [2.05, 4.69) is 4.74 Å². The van der Waals surface area contributed by atoms with Gasteiger partial charge < -0.3 is 19.7 Å². The van der Waals surface area contributed by atoms with Crippen LogP contribution in [0.3, 0.4) is 0 Å². The van der Waals surface area contributed by atoms with Crippen LogP contribution in [0.5, 0.6) is 0 Å². The van der Waals surface area contributed by atoms with Gasteiger partial charge in [0.2, 0.25) is 0 Å². The lowest BCUT2D eigenvalue weighted by Gasteiger charge is -2.08. The summed E-state index contributed by atoms with van der Waals surface area (Å²) in [4.78, 5) is 31.7. The van der Waals surface area contributed by atoms with Crippen molar-refractivity contribution in [2.24, 2.45) is 0 Å². The van der Waals surface area contributed by atoms with Crippen molar-refractivity contribution in [3.05, 3.63) is 0 Å². The number of hydrogen-bond donors (Lipinski definition) is 2. The molecular formula is C10H16O6. The highest BCUT2D eigenvalue weighted by atomic mass is 16.5. The molecule has 0 radical (unpaired) electrons. The Balaban J connectivity index is 3.57. The van der Waals surface area contributed by atoms with E-state index in [9.17, 15) is 14.4 Å². The molecule has 0 aromatic rings. The molecule has 0 spiro atoms. The summed E-state index contributed by atoms with van der Waals surface area (Å²) in [7, 11) is 0. The van der Waals surface area contributed by atoms with Crippen LogP contribution < -0.4 is 0 Å². The molecule has 0 fully saturated rings. The summed E-state index contributed by atoms with van der Waals surface area (Å²) < 4.78 is 4.62. The molecule has 16 heavy (non-hydrogen) atoms. The molecule has 0 aliphatic carbocycles. The number of aliphatic hydroxyl groups excluding tert-OH is 1. The number of carboxylic acids is 1. The topological polar surface area (TPSA) is 101 Å². The smallest absolute Gasteiger partial charge is 0.335 e. The molecule has 0 aliphatic heterocycles. The van der Waals surface area contributed by atoms with Gasteiger partial charge in [-0.05, 0) is 19.8 Å². The third-order valence-corrected chi connectivity index (χ3v) is 1.81. The van der Waals surface area contributed by atoms with Crippen molar-refractivity contribution in [2.45, 2.75) is 38.7 Å². The Morgan fingerprint density at radius 1 is 1.25 bits per heavy atom. The molecule has 1 unspecified atom stereocenters. The Labute approximate surface area is 93.2 Å². The molecule has 0 heterocycles. The van der Waals surface area contributed by atoms with Crippen molar-refractivity contribution in [3.8, 4) is 0 Å². The molecule has 6 nitrogen and oxygen atoms in total. The lowest BCUT2D eigenvalue weighted by molar-refractivity contribution is -0.158. The van der Waals surface area contributed by atoms with Gasteiger partial charge in [-0.15, -0.1) is 0 Å². The van der Waals surface area contributed by atoms with Crippen LogP contribution in [0, 0.1) is 0 Å². The molecule has 92 valence electrons. The fraction of sp³-hybridized carbons (Fsp3) is 0.700. The van der Waals surface area contributed by atoms with E-state index >= 15 is 0 Å². The predicted molar refractivity (Wildman–Crippen MR) is 53.8 cm³/mol. The minimum absolute atomic E-state index is 0.0669. The first-order valence-electron chi connectivity index (χ1n) is 4.99. The van der Waals surface area contributed by atoms with Gasteiger partial charge in [0.1, 0.15) is 5.78 Å². The van der Waals surface area contributed by atoms with Crippen molar-refractivity contribution in [2.75, 3.05) is 6.61 Å². The minimum Gasteiger partial charge on any atom is -0.481 e. The van der Waals surface area contributed by atoms with E-state index < -0.39 is 24.5 Å². The van der Waals surface area contributed by atoms with Gasteiger partial charge in [0.25, 0.3) is 0 Å². The van der Waals surface area contributed by atoms with E-state index in [1.807, 2.05) is 0 Å². The molecule has 0 rings (SSSR count). The zero-order chi connectivity index (χ0) is 12.6. The highest BCUT2D eigenvalue weighted by molar-refractivity contribution is 5.80. The van der Waals surface area contributed by atoms with Crippen LogP contribution in [0.25, 0.3) is 0 Å². The lowest BCUT2D eigenvalue weighted by Crippen LogP contribution is -2.26. The summed E-state index contributed by atoms with van der Waals surface area (Å²) in [5.74, 6) is -2.14. The zero-order valence-corrected chi connectivity index (χ0v) is 9.14. The molecule has 0 saturated carbocycles. The molecular weight excluding hydrogens is 216 g/mol. The van der Waals surface area contributed by atoms with E-state index in [1.54, 1.807) is 0 Å². The standard InChI is InChI=1S/C10H16O6/c1-7(11)4-2-3-5-16-10(15)8(12)6-9(13)14/h8,12H,2-6H2,1H3,(H,13,14). The van der Waals surface area contributed by atoms with Crippen LogP contribution in [0.4, 0.5) is 0 Å². The zero-order valence-electron chi connectivity index (χ0n) is 9.14. The van der Waals surface area contributed by atoms with Gasteiger partial charge in [-0.3, -0.25) is 4.79 Å². The normalized spacial score (nSPS) is 11.9. The summed E-state index contributed by atoms with van der Waals surface area (Å²) in [6.45, 7) is 1.56. The first-order chi connectivity index (χ1) is 7.43. The second-order valence-electron chi connectivity index (χ2n) is 3.44. The number of carbonyl (C=O) groups excluding carboxylic acids is 2. The van der Waals surface area contributed by atoms with E-state index in [-0.39, 0.29) is 12.4 Å². The Morgan fingerprint density at radius 3 is 2.38 bits per heavy atom. The Morgan fingerprint density at radius 2 is 1.88 bits per heavy atom. The number of carboxylic acid groups (broad SMARTS) is 1. The number of Topliss-reactive ketones (excluding diaryl/α,β-unsaturated/α-hetero) is 1. The average molecular weight is 232 g/mol. The van der Waals surface area contributed by atoms with Gasteiger partial charge in [0, 0.05) is 6.42 Å². The molecule has 0 amide bonds. The second kappa shape index (κ2) is 7.81. The van der Waals surface area contributed by atoms with Crippen LogP contribution >= 0.6 is 0 Å². The number of ether oxygens (including phenoxy) is 1. The van der Waals surface area contributed by atoms with E-state index in [4.69, 9.17) is 10.2 Å². The van der Waals surface area contributed by atoms with Crippen molar-refractivity contribution in [1.29, 1.82) is 0 Å². The quantitative estimate of drug-likeness (QED) is 0.455. The maximum absolute atomic E-state index is 11.0. The highest BCUT2D eigenvalue weighted by Gasteiger charge is 2.19. The van der Waals surface area contributed by atoms with Crippen LogP contribution in [0.2, 0.25) is 0 Å². The molecule has 0 aromatic heterocycles. The first-order valence-corrected chi connectivity index (χ1v) is 4.99.